The van der Waals surface area contributed by atoms with Gasteiger partial charge in [-0.25, -0.2) is 9.18 Å². The summed E-state index contributed by atoms with van der Waals surface area (Å²) in [5, 5.41) is 18.3. The lowest BCUT2D eigenvalue weighted by Gasteiger charge is -2.15. The number of H-pyrrole nitrogens is 1. The van der Waals surface area contributed by atoms with E-state index in [1.54, 1.807) is 0 Å². The standard InChI is InChI=1S/C10H13FN2O5/c1-4-2-13(10(17)12-8(4)16)9-6(11)7(15)5(3-14)18-9/h2,5-7,9,14-15H,3H2,1H3,(H,12,16,17)/t5-,6+,7-,9?/m1/s1. The molecule has 0 spiro atoms. The molecular weight excluding hydrogens is 247 g/mol. The minimum atomic E-state index is -1.86. The van der Waals surface area contributed by atoms with Gasteiger partial charge in [0.25, 0.3) is 5.56 Å². The van der Waals surface area contributed by atoms with Crippen LogP contribution in [0, 0.1) is 6.92 Å². The molecule has 0 saturated carbocycles. The van der Waals surface area contributed by atoms with Crippen LogP contribution in [0.15, 0.2) is 15.8 Å². The molecule has 0 aliphatic carbocycles. The Bertz CT molecular complexity index is 554. The van der Waals surface area contributed by atoms with Crippen LogP contribution in [0.1, 0.15) is 11.8 Å². The van der Waals surface area contributed by atoms with Crippen molar-refractivity contribution in [3.63, 3.8) is 0 Å². The second-order valence-corrected chi connectivity index (χ2v) is 4.16. The van der Waals surface area contributed by atoms with Gasteiger partial charge in [0.2, 0.25) is 0 Å². The van der Waals surface area contributed by atoms with Crippen molar-refractivity contribution >= 4 is 0 Å². The number of rotatable bonds is 2. The highest BCUT2D eigenvalue weighted by Crippen LogP contribution is 2.30. The van der Waals surface area contributed by atoms with E-state index in [2.05, 4.69) is 0 Å². The molecule has 0 amide bonds. The molecule has 1 saturated heterocycles. The minimum absolute atomic E-state index is 0.215. The average molecular weight is 260 g/mol. The molecule has 0 radical (unpaired) electrons. The summed E-state index contributed by atoms with van der Waals surface area (Å²) in [7, 11) is 0. The second kappa shape index (κ2) is 4.63. The van der Waals surface area contributed by atoms with E-state index in [-0.39, 0.29) is 5.56 Å². The number of ether oxygens (including phenoxy) is 1. The van der Waals surface area contributed by atoms with Gasteiger partial charge in [0.15, 0.2) is 12.4 Å². The fourth-order valence-corrected chi connectivity index (χ4v) is 1.85. The maximum atomic E-state index is 13.8. The number of halogens is 1. The molecule has 8 heteroatoms. The number of aromatic amines is 1. The topological polar surface area (TPSA) is 105 Å². The van der Waals surface area contributed by atoms with Gasteiger partial charge < -0.3 is 14.9 Å². The van der Waals surface area contributed by atoms with Crippen molar-refractivity contribution in [1.29, 1.82) is 0 Å². The van der Waals surface area contributed by atoms with Crippen LogP contribution < -0.4 is 11.2 Å². The molecule has 2 heterocycles. The molecule has 100 valence electrons. The normalized spacial score (nSPS) is 31.8. The lowest BCUT2D eigenvalue weighted by atomic mass is 10.1. The summed E-state index contributed by atoms with van der Waals surface area (Å²) >= 11 is 0. The summed E-state index contributed by atoms with van der Waals surface area (Å²) in [6, 6.07) is 0. The SMILES string of the molecule is Cc1cn(C2O[C@H](CO)[C@@H](O)[C@@H]2F)c(=O)[nH]c1=O. The van der Waals surface area contributed by atoms with Crippen molar-refractivity contribution < 1.29 is 19.3 Å². The molecule has 1 aliphatic rings. The Morgan fingerprint density at radius 3 is 2.78 bits per heavy atom. The third-order valence-electron chi connectivity index (χ3n) is 2.89. The highest BCUT2D eigenvalue weighted by atomic mass is 19.1. The van der Waals surface area contributed by atoms with E-state index in [0.717, 1.165) is 10.8 Å². The molecule has 1 aromatic rings. The first-order valence-electron chi connectivity index (χ1n) is 5.36. The zero-order chi connectivity index (χ0) is 13.4. The number of nitrogens with zero attached hydrogens (tertiary/aromatic N) is 1. The smallest absolute Gasteiger partial charge is 0.330 e. The lowest BCUT2D eigenvalue weighted by Crippen LogP contribution is -2.36. The number of aromatic nitrogens is 2. The summed E-state index contributed by atoms with van der Waals surface area (Å²) in [5.41, 5.74) is -1.18. The van der Waals surface area contributed by atoms with E-state index in [1.807, 2.05) is 4.98 Å². The van der Waals surface area contributed by atoms with Crippen molar-refractivity contribution in [3.05, 3.63) is 32.6 Å². The Labute approximate surface area is 100 Å². The molecule has 1 aliphatic heterocycles. The van der Waals surface area contributed by atoms with E-state index in [4.69, 9.17) is 9.84 Å². The average Bonchev–Trinajstić information content (AvgIpc) is 2.61. The van der Waals surface area contributed by atoms with E-state index < -0.39 is 42.5 Å². The van der Waals surface area contributed by atoms with Gasteiger partial charge in [0.05, 0.1) is 6.61 Å². The molecule has 3 N–H and O–H groups in total. The molecular formula is C10H13FN2O5. The molecule has 7 nitrogen and oxygen atoms in total. The van der Waals surface area contributed by atoms with Crippen LogP contribution in [-0.4, -0.2) is 44.8 Å². The van der Waals surface area contributed by atoms with Crippen molar-refractivity contribution in [2.24, 2.45) is 0 Å². The highest BCUT2D eigenvalue weighted by molar-refractivity contribution is 5.03. The lowest BCUT2D eigenvalue weighted by molar-refractivity contribution is -0.0492. The molecule has 18 heavy (non-hydrogen) atoms. The van der Waals surface area contributed by atoms with E-state index in [1.165, 1.54) is 6.92 Å². The quantitative estimate of drug-likeness (QED) is 0.596. The molecule has 1 unspecified atom stereocenters. The number of hydrogen-bond donors (Lipinski definition) is 3. The van der Waals surface area contributed by atoms with Gasteiger partial charge in [-0.1, -0.05) is 0 Å². The van der Waals surface area contributed by atoms with Crippen LogP contribution in [0.2, 0.25) is 0 Å². The fraction of sp³-hybridized carbons (Fsp3) is 0.600. The maximum absolute atomic E-state index is 13.8. The van der Waals surface area contributed by atoms with Gasteiger partial charge >= 0.3 is 5.69 Å². The van der Waals surface area contributed by atoms with Gasteiger partial charge in [-0.05, 0) is 6.92 Å². The summed E-state index contributed by atoms with van der Waals surface area (Å²) in [6.07, 6.45) is -4.67. The Hall–Kier alpha value is -1.51. The van der Waals surface area contributed by atoms with Crippen LogP contribution in [0.25, 0.3) is 0 Å². The Morgan fingerprint density at radius 1 is 1.56 bits per heavy atom. The first kappa shape index (κ1) is 12.9. The molecule has 1 aromatic heterocycles. The number of aryl methyl sites for hydroxylation is 1. The van der Waals surface area contributed by atoms with Gasteiger partial charge in [0.1, 0.15) is 12.2 Å². The summed E-state index contributed by atoms with van der Waals surface area (Å²) in [5.74, 6) is 0. The van der Waals surface area contributed by atoms with Gasteiger partial charge in [-0.2, -0.15) is 0 Å². The van der Waals surface area contributed by atoms with Crippen LogP contribution in [0.5, 0.6) is 0 Å². The Morgan fingerprint density at radius 2 is 2.22 bits per heavy atom. The van der Waals surface area contributed by atoms with E-state index in [9.17, 15) is 19.1 Å². The molecule has 0 bridgehead atoms. The van der Waals surface area contributed by atoms with Crippen LogP contribution in [0.3, 0.4) is 0 Å². The molecule has 2 rings (SSSR count). The van der Waals surface area contributed by atoms with Crippen LogP contribution in [-0.2, 0) is 4.74 Å². The number of aliphatic hydroxyl groups is 2. The number of hydrogen-bond acceptors (Lipinski definition) is 5. The predicted octanol–water partition coefficient (Wildman–Crippen LogP) is -1.57. The Kier molecular flexibility index (Phi) is 3.33. The second-order valence-electron chi connectivity index (χ2n) is 4.16. The van der Waals surface area contributed by atoms with E-state index in [0.29, 0.717) is 0 Å². The van der Waals surface area contributed by atoms with Crippen molar-refractivity contribution in [2.45, 2.75) is 31.5 Å². The first-order valence-corrected chi connectivity index (χ1v) is 5.36. The summed E-state index contributed by atoms with van der Waals surface area (Å²) in [4.78, 5) is 24.7. The monoisotopic (exact) mass is 260 g/mol. The predicted molar refractivity (Wildman–Crippen MR) is 58.0 cm³/mol. The zero-order valence-electron chi connectivity index (χ0n) is 9.54. The molecule has 1 fully saturated rings. The fourth-order valence-electron chi connectivity index (χ4n) is 1.85. The number of alkyl halides is 1. The minimum Gasteiger partial charge on any atom is -0.394 e. The molecule has 0 aromatic carbocycles. The third kappa shape index (κ3) is 1.98. The Balaban J connectivity index is 2.42. The van der Waals surface area contributed by atoms with E-state index >= 15 is 0 Å². The van der Waals surface area contributed by atoms with Gasteiger partial charge in [-0.15, -0.1) is 0 Å². The summed E-state index contributed by atoms with van der Waals surface area (Å²) < 4.78 is 19.7. The van der Waals surface area contributed by atoms with Crippen molar-refractivity contribution in [1.82, 2.24) is 9.55 Å². The van der Waals surface area contributed by atoms with Crippen LogP contribution >= 0.6 is 0 Å². The van der Waals surface area contributed by atoms with Gasteiger partial charge in [0, 0.05) is 11.8 Å². The van der Waals surface area contributed by atoms with Crippen LogP contribution in [0.4, 0.5) is 4.39 Å². The third-order valence-corrected chi connectivity index (χ3v) is 2.89. The number of aliphatic hydroxyl groups excluding tert-OH is 2. The highest BCUT2D eigenvalue weighted by Gasteiger charge is 2.45. The van der Waals surface area contributed by atoms with Crippen molar-refractivity contribution in [2.75, 3.05) is 6.61 Å². The zero-order valence-corrected chi connectivity index (χ0v) is 9.54. The van der Waals surface area contributed by atoms with Crippen molar-refractivity contribution in [3.8, 4) is 0 Å². The maximum Gasteiger partial charge on any atom is 0.330 e. The van der Waals surface area contributed by atoms with Gasteiger partial charge in [-0.3, -0.25) is 14.3 Å². The first-order chi connectivity index (χ1) is 8.45. The summed E-state index contributed by atoms with van der Waals surface area (Å²) in [6.45, 7) is 0.895. The molecule has 4 atom stereocenters. The largest absolute Gasteiger partial charge is 0.394 e. The number of nitrogens with one attached hydrogen (secondary N) is 1.